The second-order valence-corrected chi connectivity index (χ2v) is 32.5. The zero-order valence-electron chi connectivity index (χ0n) is 15.5. The molecule has 0 saturated heterocycles. The summed E-state index contributed by atoms with van der Waals surface area (Å²) in [6, 6.07) is 29.6. The van der Waals surface area contributed by atoms with E-state index < -0.39 is 26.6 Å². The Kier molecular flexibility index (Phi) is 4.71. The molecule has 27 heavy (non-hydrogen) atoms. The predicted octanol–water partition coefficient (Wildman–Crippen LogP) is 5.40. The van der Waals surface area contributed by atoms with Crippen LogP contribution >= 0.6 is 0 Å². The van der Waals surface area contributed by atoms with Crippen molar-refractivity contribution in [2.45, 2.75) is 13.9 Å². The maximum absolute atomic E-state index is 2.64. The second-order valence-electron chi connectivity index (χ2n) is 7.56. The zero-order valence-corrected chi connectivity index (χ0v) is 20.3. The van der Waals surface area contributed by atoms with Crippen LogP contribution in [0.3, 0.4) is 0 Å². The minimum absolute atomic E-state index is 0.717. The third kappa shape index (κ3) is 3.09. The van der Waals surface area contributed by atoms with Crippen LogP contribution in [-0.2, 0) is 20.6 Å². The molecule has 3 atom stereocenters. The molecule has 0 N–H and O–H groups in total. The molecule has 2 aliphatic rings. The van der Waals surface area contributed by atoms with Crippen molar-refractivity contribution in [3.8, 4) is 0 Å². The van der Waals surface area contributed by atoms with Crippen molar-refractivity contribution in [3.05, 3.63) is 113 Å². The average molecular weight is 530 g/mol. The van der Waals surface area contributed by atoms with Crippen molar-refractivity contribution in [1.29, 1.82) is 0 Å². The molecule has 3 unspecified atom stereocenters. The molecule has 0 fully saturated rings. The molecule has 0 radical (unpaired) electrons. The van der Waals surface area contributed by atoms with Crippen LogP contribution in [-0.4, -0.2) is 5.98 Å². The van der Waals surface area contributed by atoms with E-state index in [1.807, 2.05) is 0 Å². The Morgan fingerprint density at radius 2 is 1.11 bits per heavy atom. The standard InChI is InChI=1S/2C9H7.C7H9Si.Hf/c2*1-2-5-9-7-3-6-8(9)4-1;1-8-7-5-3-2-4-6-7;/h2*1-7H;2-6,8H,1H3;. The topological polar surface area (TPSA) is 0 Å². The van der Waals surface area contributed by atoms with Crippen LogP contribution in [0.2, 0.25) is 6.55 Å². The van der Waals surface area contributed by atoms with Gasteiger partial charge in [0.05, 0.1) is 0 Å². The normalized spacial score (nSPS) is 20.3. The molecule has 0 saturated carbocycles. The number of hydrogen-bond donors (Lipinski definition) is 0. The van der Waals surface area contributed by atoms with E-state index >= 15 is 0 Å². The van der Waals surface area contributed by atoms with Gasteiger partial charge in [0, 0.05) is 0 Å². The van der Waals surface area contributed by atoms with Crippen LogP contribution < -0.4 is 5.19 Å². The Balaban J connectivity index is 1.62. The van der Waals surface area contributed by atoms with Gasteiger partial charge in [0.25, 0.3) is 0 Å². The van der Waals surface area contributed by atoms with Crippen molar-refractivity contribution in [2.75, 3.05) is 0 Å². The first-order valence-corrected chi connectivity index (χ1v) is 22.5. The Labute approximate surface area is 170 Å². The van der Waals surface area contributed by atoms with Gasteiger partial charge >= 0.3 is 171 Å². The van der Waals surface area contributed by atoms with Gasteiger partial charge in [0.1, 0.15) is 0 Å². The van der Waals surface area contributed by atoms with Crippen LogP contribution in [0.5, 0.6) is 0 Å². The van der Waals surface area contributed by atoms with E-state index in [1.165, 1.54) is 11.1 Å². The Morgan fingerprint density at radius 1 is 0.630 bits per heavy atom. The summed E-state index contributed by atoms with van der Waals surface area (Å²) < 4.78 is 1.43. The fourth-order valence-electron chi connectivity index (χ4n) is 4.75. The van der Waals surface area contributed by atoms with E-state index in [4.69, 9.17) is 0 Å². The van der Waals surface area contributed by atoms with Crippen LogP contribution in [0.1, 0.15) is 29.6 Å². The van der Waals surface area contributed by atoms with Crippen molar-refractivity contribution in [1.82, 2.24) is 0 Å². The number of allylic oxidation sites excluding steroid dienone is 2. The summed E-state index contributed by atoms with van der Waals surface area (Å²) in [6.45, 7) is 2.64. The third-order valence-electron chi connectivity index (χ3n) is 6.12. The first-order valence-electron chi connectivity index (χ1n) is 9.79. The van der Waals surface area contributed by atoms with Crippen LogP contribution in [0.15, 0.2) is 91.0 Å². The summed E-state index contributed by atoms with van der Waals surface area (Å²) in [5.41, 5.74) is 6.12. The fraction of sp³-hybridized carbons (Fsp3) is 0.120. The SMILES string of the molecule is C[SiH](c1ccccc1)[Hf]([CH]1C=Cc2ccccc21)[CH]1C=Cc2ccccc21. The van der Waals surface area contributed by atoms with Gasteiger partial charge in [-0.1, -0.05) is 0 Å². The third-order valence-corrected chi connectivity index (χ3v) is 37.5. The number of benzene rings is 3. The van der Waals surface area contributed by atoms with Crippen LogP contribution in [0.4, 0.5) is 0 Å². The van der Waals surface area contributed by atoms with Crippen molar-refractivity contribution < 1.29 is 20.6 Å². The molecule has 0 heterocycles. The molecule has 0 amide bonds. The summed E-state index contributed by atoms with van der Waals surface area (Å²) in [4.78, 5) is 0. The van der Waals surface area contributed by atoms with E-state index in [0.717, 1.165) is 0 Å². The molecule has 5 rings (SSSR count). The monoisotopic (exact) mass is 531 g/mol. The molecular weight excluding hydrogens is 507 g/mol. The van der Waals surface area contributed by atoms with Crippen molar-refractivity contribution in [2.24, 2.45) is 0 Å². The van der Waals surface area contributed by atoms with E-state index in [-0.39, 0.29) is 0 Å². The first-order chi connectivity index (χ1) is 13.3. The van der Waals surface area contributed by atoms with Crippen LogP contribution in [0, 0.1) is 0 Å². The maximum atomic E-state index is 2.64. The van der Waals surface area contributed by atoms with Crippen molar-refractivity contribution in [3.63, 3.8) is 0 Å². The zero-order chi connectivity index (χ0) is 18.2. The summed E-state index contributed by atoms with van der Waals surface area (Å²) in [5, 5.41) is 1.66. The van der Waals surface area contributed by atoms with Gasteiger partial charge in [-0.15, -0.1) is 0 Å². The summed E-state index contributed by atoms with van der Waals surface area (Å²) in [5.74, 6) is -0.989. The fourth-order valence-corrected chi connectivity index (χ4v) is 37.7. The predicted molar refractivity (Wildman–Crippen MR) is 116 cm³/mol. The second kappa shape index (κ2) is 7.33. The summed E-state index contributed by atoms with van der Waals surface area (Å²) >= 11 is -2.13. The molecule has 2 heteroatoms. The van der Waals surface area contributed by atoms with Gasteiger partial charge in [0.15, 0.2) is 0 Å². The van der Waals surface area contributed by atoms with Crippen LogP contribution in [0.25, 0.3) is 12.2 Å². The molecule has 131 valence electrons. The Hall–Kier alpha value is -1.77. The van der Waals surface area contributed by atoms with Gasteiger partial charge < -0.3 is 0 Å². The molecule has 0 aromatic heterocycles. The molecule has 0 spiro atoms. The molecule has 0 bridgehead atoms. The minimum atomic E-state index is -2.13. The number of fused-ring (bicyclic) bond motifs is 2. The van der Waals surface area contributed by atoms with E-state index in [0.29, 0.717) is 7.35 Å². The molecule has 2 aliphatic carbocycles. The van der Waals surface area contributed by atoms with Crippen molar-refractivity contribution >= 4 is 23.3 Å². The average Bonchev–Trinajstić information content (AvgIpc) is 3.34. The van der Waals surface area contributed by atoms with E-state index in [1.54, 1.807) is 16.3 Å². The van der Waals surface area contributed by atoms with Gasteiger partial charge in [-0.25, -0.2) is 0 Å². The number of hydrogen-bond acceptors (Lipinski definition) is 0. The molecular formula is C25H23HfSi. The molecule has 3 aromatic rings. The van der Waals surface area contributed by atoms with Gasteiger partial charge in [-0.2, -0.15) is 0 Å². The van der Waals surface area contributed by atoms with Gasteiger partial charge in [-0.05, 0) is 0 Å². The summed E-state index contributed by atoms with van der Waals surface area (Å²) in [6.07, 6.45) is 9.91. The van der Waals surface area contributed by atoms with Gasteiger partial charge in [-0.3, -0.25) is 0 Å². The molecule has 0 nitrogen and oxygen atoms in total. The van der Waals surface area contributed by atoms with E-state index in [2.05, 4.69) is 110 Å². The molecule has 0 aliphatic heterocycles. The Bertz CT molecular complexity index is 960. The first kappa shape index (κ1) is 17.3. The quantitative estimate of drug-likeness (QED) is 0.397. The Morgan fingerprint density at radius 3 is 1.67 bits per heavy atom. The molecule has 3 aromatic carbocycles. The van der Waals surface area contributed by atoms with Gasteiger partial charge in [0.2, 0.25) is 0 Å². The summed E-state index contributed by atoms with van der Waals surface area (Å²) in [7, 11) is 0. The van der Waals surface area contributed by atoms with E-state index in [9.17, 15) is 0 Å². The number of rotatable bonds is 4.